The maximum absolute atomic E-state index is 6.12. The smallest absolute Gasteiger partial charge is 0.0336 e. The molecule has 0 heterocycles. The highest BCUT2D eigenvalue weighted by Gasteiger charge is 2.42. The van der Waals surface area contributed by atoms with Crippen molar-refractivity contribution in [1.82, 2.24) is 0 Å². The molecule has 1 aromatic carbocycles. The summed E-state index contributed by atoms with van der Waals surface area (Å²) in [7, 11) is 0. The largest absolute Gasteiger partial charge is 0.123 e. The van der Waals surface area contributed by atoms with Gasteiger partial charge < -0.3 is 0 Å². The standard InChI is InChI=1S/C13H17Cl/c1-9(10(2)14)12-8-13(12)11-6-4-3-5-7-11/h3-7,9-10,12-13H,8H2,1-2H3. The summed E-state index contributed by atoms with van der Waals surface area (Å²) in [5.41, 5.74) is 1.49. The van der Waals surface area contributed by atoms with Gasteiger partial charge in [-0.25, -0.2) is 0 Å². The van der Waals surface area contributed by atoms with Gasteiger partial charge in [0.1, 0.15) is 0 Å². The molecule has 0 saturated heterocycles. The second-order valence-electron chi connectivity index (χ2n) is 4.45. The van der Waals surface area contributed by atoms with Crippen molar-refractivity contribution in [3.8, 4) is 0 Å². The number of halogens is 1. The minimum atomic E-state index is 0.300. The van der Waals surface area contributed by atoms with Gasteiger partial charge >= 0.3 is 0 Å². The Balaban J connectivity index is 2.00. The molecule has 1 heteroatoms. The Morgan fingerprint density at radius 2 is 1.86 bits per heavy atom. The molecule has 1 aromatic rings. The zero-order chi connectivity index (χ0) is 10.1. The number of benzene rings is 1. The molecule has 0 bridgehead atoms. The van der Waals surface area contributed by atoms with Crippen molar-refractivity contribution in [3.05, 3.63) is 35.9 Å². The van der Waals surface area contributed by atoms with Crippen LogP contribution >= 0.6 is 11.6 Å². The molecular formula is C13H17Cl. The molecular weight excluding hydrogens is 192 g/mol. The van der Waals surface area contributed by atoms with Gasteiger partial charge in [-0.1, -0.05) is 37.3 Å². The van der Waals surface area contributed by atoms with E-state index in [4.69, 9.17) is 11.6 Å². The van der Waals surface area contributed by atoms with Crippen LogP contribution in [0.4, 0.5) is 0 Å². The predicted octanol–water partition coefficient (Wildman–Crippen LogP) is 4.05. The van der Waals surface area contributed by atoms with Crippen LogP contribution in [-0.4, -0.2) is 5.38 Å². The summed E-state index contributed by atoms with van der Waals surface area (Å²) in [5.74, 6) is 2.22. The molecule has 1 aliphatic rings. The van der Waals surface area contributed by atoms with E-state index in [0.29, 0.717) is 11.3 Å². The first-order chi connectivity index (χ1) is 6.70. The van der Waals surface area contributed by atoms with Crippen molar-refractivity contribution in [3.63, 3.8) is 0 Å². The van der Waals surface area contributed by atoms with E-state index in [1.165, 1.54) is 12.0 Å². The Morgan fingerprint density at radius 3 is 2.43 bits per heavy atom. The third-order valence-corrected chi connectivity index (χ3v) is 3.86. The van der Waals surface area contributed by atoms with Crippen LogP contribution in [0.3, 0.4) is 0 Å². The highest BCUT2D eigenvalue weighted by molar-refractivity contribution is 6.20. The summed E-state index contributed by atoms with van der Waals surface area (Å²) in [4.78, 5) is 0. The fourth-order valence-corrected chi connectivity index (χ4v) is 2.41. The summed E-state index contributed by atoms with van der Waals surface area (Å²) < 4.78 is 0. The third-order valence-electron chi connectivity index (χ3n) is 3.47. The minimum absolute atomic E-state index is 0.300. The van der Waals surface area contributed by atoms with Crippen LogP contribution in [0.25, 0.3) is 0 Å². The quantitative estimate of drug-likeness (QED) is 0.658. The van der Waals surface area contributed by atoms with Crippen molar-refractivity contribution in [2.75, 3.05) is 0 Å². The second-order valence-corrected chi connectivity index (χ2v) is 5.14. The van der Waals surface area contributed by atoms with Crippen molar-refractivity contribution in [2.45, 2.75) is 31.6 Å². The molecule has 0 spiro atoms. The predicted molar refractivity (Wildman–Crippen MR) is 61.8 cm³/mol. The molecule has 0 aliphatic heterocycles. The van der Waals surface area contributed by atoms with Gasteiger partial charge in [-0.3, -0.25) is 0 Å². The summed E-state index contributed by atoms with van der Waals surface area (Å²) in [5, 5.41) is 0.300. The van der Waals surface area contributed by atoms with Gasteiger partial charge in [0.05, 0.1) is 0 Å². The van der Waals surface area contributed by atoms with E-state index < -0.39 is 0 Å². The van der Waals surface area contributed by atoms with E-state index in [2.05, 4.69) is 44.2 Å². The molecule has 2 rings (SSSR count). The molecule has 0 amide bonds. The molecule has 0 nitrogen and oxygen atoms in total. The molecule has 14 heavy (non-hydrogen) atoms. The molecule has 76 valence electrons. The monoisotopic (exact) mass is 208 g/mol. The van der Waals surface area contributed by atoms with Gasteiger partial charge in [0.25, 0.3) is 0 Å². The first kappa shape index (κ1) is 10.0. The number of hydrogen-bond donors (Lipinski definition) is 0. The highest BCUT2D eigenvalue weighted by atomic mass is 35.5. The Kier molecular flexibility index (Phi) is 2.83. The molecule has 4 atom stereocenters. The first-order valence-corrected chi connectivity index (χ1v) is 5.83. The Labute approximate surface area is 91.3 Å². The zero-order valence-electron chi connectivity index (χ0n) is 8.78. The summed E-state index contributed by atoms with van der Waals surface area (Å²) in [6, 6.07) is 10.8. The second kappa shape index (κ2) is 3.94. The van der Waals surface area contributed by atoms with Crippen LogP contribution in [0, 0.1) is 11.8 Å². The summed E-state index contributed by atoms with van der Waals surface area (Å²) >= 11 is 6.12. The van der Waals surface area contributed by atoms with Crippen LogP contribution in [0.2, 0.25) is 0 Å². The van der Waals surface area contributed by atoms with E-state index in [1.54, 1.807) is 0 Å². The highest BCUT2D eigenvalue weighted by Crippen LogP contribution is 2.53. The van der Waals surface area contributed by atoms with E-state index in [-0.39, 0.29) is 0 Å². The molecule has 0 aromatic heterocycles. The molecule has 0 N–H and O–H groups in total. The Hall–Kier alpha value is -0.490. The summed E-state index contributed by atoms with van der Waals surface area (Å²) in [6.07, 6.45) is 1.32. The van der Waals surface area contributed by atoms with Gasteiger partial charge in [0.15, 0.2) is 0 Å². The van der Waals surface area contributed by atoms with Crippen molar-refractivity contribution >= 4 is 11.6 Å². The van der Waals surface area contributed by atoms with Gasteiger partial charge in [-0.2, -0.15) is 0 Å². The SMILES string of the molecule is CC(Cl)C(C)C1CC1c1ccccc1. The van der Waals surface area contributed by atoms with Crippen LogP contribution in [0.1, 0.15) is 31.7 Å². The average Bonchev–Trinajstić information content (AvgIpc) is 2.97. The zero-order valence-corrected chi connectivity index (χ0v) is 9.54. The maximum Gasteiger partial charge on any atom is 0.0336 e. The van der Waals surface area contributed by atoms with Crippen molar-refractivity contribution in [2.24, 2.45) is 11.8 Å². The fourth-order valence-electron chi connectivity index (χ4n) is 2.22. The number of alkyl halides is 1. The van der Waals surface area contributed by atoms with Crippen molar-refractivity contribution < 1.29 is 0 Å². The van der Waals surface area contributed by atoms with E-state index in [1.807, 2.05) is 0 Å². The van der Waals surface area contributed by atoms with E-state index in [9.17, 15) is 0 Å². The number of hydrogen-bond acceptors (Lipinski definition) is 0. The lowest BCUT2D eigenvalue weighted by Crippen LogP contribution is -2.09. The molecule has 1 saturated carbocycles. The number of rotatable bonds is 3. The summed E-state index contributed by atoms with van der Waals surface area (Å²) in [6.45, 7) is 4.37. The average molecular weight is 209 g/mol. The van der Waals surface area contributed by atoms with E-state index in [0.717, 1.165) is 11.8 Å². The van der Waals surface area contributed by atoms with Crippen LogP contribution in [0.15, 0.2) is 30.3 Å². The lowest BCUT2D eigenvalue weighted by Gasteiger charge is -2.13. The van der Waals surface area contributed by atoms with Crippen LogP contribution in [-0.2, 0) is 0 Å². The Morgan fingerprint density at radius 1 is 1.21 bits per heavy atom. The molecule has 1 fully saturated rings. The lowest BCUT2D eigenvalue weighted by molar-refractivity contribution is 0.489. The van der Waals surface area contributed by atoms with Gasteiger partial charge in [-0.15, -0.1) is 11.6 Å². The minimum Gasteiger partial charge on any atom is -0.123 e. The van der Waals surface area contributed by atoms with E-state index >= 15 is 0 Å². The molecule has 4 unspecified atom stereocenters. The normalized spacial score (nSPS) is 29.6. The topological polar surface area (TPSA) is 0 Å². The van der Waals surface area contributed by atoms with Gasteiger partial charge in [0.2, 0.25) is 0 Å². The third kappa shape index (κ3) is 1.95. The molecule has 0 radical (unpaired) electrons. The first-order valence-electron chi connectivity index (χ1n) is 5.39. The lowest BCUT2D eigenvalue weighted by atomic mass is 9.98. The molecule has 1 aliphatic carbocycles. The van der Waals surface area contributed by atoms with Crippen LogP contribution in [0.5, 0.6) is 0 Å². The van der Waals surface area contributed by atoms with Gasteiger partial charge in [0, 0.05) is 5.38 Å². The fraction of sp³-hybridized carbons (Fsp3) is 0.538. The Bertz CT molecular complexity index is 291. The maximum atomic E-state index is 6.12. The van der Waals surface area contributed by atoms with Gasteiger partial charge in [-0.05, 0) is 36.7 Å². The van der Waals surface area contributed by atoms with Crippen LogP contribution < -0.4 is 0 Å². The van der Waals surface area contributed by atoms with Crippen molar-refractivity contribution in [1.29, 1.82) is 0 Å².